The van der Waals surface area contributed by atoms with Gasteiger partial charge >= 0.3 is 0 Å². The minimum Gasteiger partial charge on any atom is -0.372 e. The van der Waals surface area contributed by atoms with E-state index in [0.717, 1.165) is 23.8 Å². The summed E-state index contributed by atoms with van der Waals surface area (Å²) in [6.07, 6.45) is 4.23. The number of ether oxygens (including phenoxy) is 1. The minimum atomic E-state index is -4.00. The first-order chi connectivity index (χ1) is 11.9. The highest BCUT2D eigenvalue weighted by Crippen LogP contribution is 2.29. The van der Waals surface area contributed by atoms with Gasteiger partial charge in [-0.3, -0.25) is 4.68 Å². The van der Waals surface area contributed by atoms with Crippen LogP contribution in [0.4, 0.5) is 4.39 Å². The molecule has 1 aromatic heterocycles. The Morgan fingerprint density at radius 1 is 1.48 bits per heavy atom. The van der Waals surface area contributed by atoms with E-state index in [-0.39, 0.29) is 10.5 Å². The minimum absolute atomic E-state index is 0.234. The quantitative estimate of drug-likeness (QED) is 0.889. The van der Waals surface area contributed by atoms with E-state index < -0.39 is 28.0 Å². The maximum Gasteiger partial charge on any atom is 0.242 e. The highest BCUT2D eigenvalue weighted by Gasteiger charge is 2.33. The Hall–Kier alpha value is -2.28. The summed E-state index contributed by atoms with van der Waals surface area (Å²) < 4.78 is 48.7. The third kappa shape index (κ3) is 3.71. The van der Waals surface area contributed by atoms with Gasteiger partial charge in [-0.05, 0) is 31.0 Å². The van der Waals surface area contributed by atoms with E-state index in [9.17, 15) is 12.8 Å². The highest BCUT2D eigenvalue weighted by molar-refractivity contribution is 7.89. The third-order valence-electron chi connectivity index (χ3n) is 4.03. The fourth-order valence-corrected chi connectivity index (χ4v) is 4.31. The first kappa shape index (κ1) is 17.5. The molecule has 1 N–H and O–H groups in total. The van der Waals surface area contributed by atoms with Crippen LogP contribution < -0.4 is 4.72 Å². The molecular weight excluding hydrogens is 347 g/mol. The molecule has 2 aromatic rings. The normalized spacial score (nSPS) is 21.0. The Bertz CT molecular complexity index is 920. The number of aryl methyl sites for hydroxylation is 1. The van der Waals surface area contributed by atoms with Crippen LogP contribution in [0.3, 0.4) is 0 Å². The fraction of sp³-hybridized carbons (Fsp3) is 0.375. The molecule has 1 aromatic carbocycles. The van der Waals surface area contributed by atoms with Crippen LogP contribution in [0.25, 0.3) is 0 Å². The summed E-state index contributed by atoms with van der Waals surface area (Å²) in [4.78, 5) is -0.244. The number of nitrogens with one attached hydrogen (secondary N) is 1. The van der Waals surface area contributed by atoms with Crippen molar-refractivity contribution in [1.29, 1.82) is 5.26 Å². The molecule has 0 bridgehead atoms. The Labute approximate surface area is 145 Å². The number of nitrogens with zero attached hydrogens (tertiary/aromatic N) is 3. The summed E-state index contributed by atoms with van der Waals surface area (Å²) in [5.41, 5.74) is 0.539. The van der Waals surface area contributed by atoms with Gasteiger partial charge in [0.1, 0.15) is 18.0 Å². The zero-order chi connectivity index (χ0) is 18.0. The largest absolute Gasteiger partial charge is 0.372 e. The summed E-state index contributed by atoms with van der Waals surface area (Å²) in [6.45, 7) is 0.526. The number of benzene rings is 1. The predicted molar refractivity (Wildman–Crippen MR) is 86.4 cm³/mol. The van der Waals surface area contributed by atoms with Gasteiger partial charge in [0.05, 0.1) is 22.7 Å². The zero-order valence-electron chi connectivity index (χ0n) is 13.5. The van der Waals surface area contributed by atoms with Gasteiger partial charge in [-0.1, -0.05) is 0 Å². The van der Waals surface area contributed by atoms with Crippen LogP contribution in [0.1, 0.15) is 30.1 Å². The molecule has 1 aliphatic heterocycles. The number of hydrogen-bond acceptors (Lipinski definition) is 5. The van der Waals surface area contributed by atoms with E-state index in [0.29, 0.717) is 19.4 Å². The third-order valence-corrected chi connectivity index (χ3v) is 5.58. The molecule has 132 valence electrons. The average molecular weight is 364 g/mol. The molecule has 0 saturated carbocycles. The van der Waals surface area contributed by atoms with E-state index in [4.69, 9.17) is 10.00 Å². The van der Waals surface area contributed by atoms with Crippen molar-refractivity contribution >= 4 is 10.0 Å². The van der Waals surface area contributed by atoms with Crippen molar-refractivity contribution in [2.45, 2.75) is 29.9 Å². The van der Waals surface area contributed by atoms with Crippen LogP contribution in [0, 0.1) is 17.1 Å². The summed E-state index contributed by atoms with van der Waals surface area (Å²) >= 11 is 0. The molecule has 7 nitrogen and oxygen atoms in total. The van der Waals surface area contributed by atoms with Crippen LogP contribution >= 0.6 is 0 Å². The van der Waals surface area contributed by atoms with Crippen LogP contribution in [-0.2, 0) is 21.8 Å². The number of sulfonamides is 1. The highest BCUT2D eigenvalue weighted by atomic mass is 32.2. The van der Waals surface area contributed by atoms with E-state index >= 15 is 0 Å². The molecule has 0 unspecified atom stereocenters. The molecule has 0 spiro atoms. The zero-order valence-corrected chi connectivity index (χ0v) is 14.3. The number of aromatic nitrogens is 2. The van der Waals surface area contributed by atoms with Gasteiger partial charge in [-0.2, -0.15) is 10.4 Å². The van der Waals surface area contributed by atoms with Gasteiger partial charge in [0.25, 0.3) is 0 Å². The lowest BCUT2D eigenvalue weighted by Crippen LogP contribution is -2.42. The Morgan fingerprint density at radius 3 is 2.96 bits per heavy atom. The topological polar surface area (TPSA) is 97.0 Å². The molecule has 3 rings (SSSR count). The fourth-order valence-electron chi connectivity index (χ4n) is 2.90. The molecule has 0 aliphatic carbocycles. The Kier molecular flexibility index (Phi) is 4.85. The van der Waals surface area contributed by atoms with Gasteiger partial charge in [0.2, 0.25) is 10.0 Å². The number of hydrogen-bond donors (Lipinski definition) is 1. The first-order valence-corrected chi connectivity index (χ1v) is 9.21. The average Bonchev–Trinajstić information content (AvgIpc) is 3.01. The molecule has 9 heteroatoms. The van der Waals surface area contributed by atoms with Gasteiger partial charge in [-0.15, -0.1) is 0 Å². The molecule has 1 aliphatic rings. The molecule has 0 radical (unpaired) electrons. The lowest BCUT2D eigenvalue weighted by molar-refractivity contribution is -0.00446. The van der Waals surface area contributed by atoms with Crippen molar-refractivity contribution in [2.75, 3.05) is 6.61 Å². The molecule has 1 fully saturated rings. The van der Waals surface area contributed by atoms with Crippen LogP contribution in [0.15, 0.2) is 35.5 Å². The molecule has 25 heavy (non-hydrogen) atoms. The van der Waals surface area contributed by atoms with Crippen LogP contribution in [0.5, 0.6) is 0 Å². The Morgan fingerprint density at radius 2 is 2.28 bits per heavy atom. The lowest BCUT2D eigenvalue weighted by Gasteiger charge is -2.31. The number of rotatable bonds is 4. The van der Waals surface area contributed by atoms with Crippen molar-refractivity contribution in [3.05, 3.63) is 47.5 Å². The second kappa shape index (κ2) is 6.92. The van der Waals surface area contributed by atoms with E-state index in [1.807, 2.05) is 0 Å². The predicted octanol–water partition coefficient (Wildman–Crippen LogP) is 1.63. The van der Waals surface area contributed by atoms with Crippen molar-refractivity contribution in [3.8, 4) is 6.07 Å². The lowest BCUT2D eigenvalue weighted by atomic mass is 9.99. The summed E-state index contributed by atoms with van der Waals surface area (Å²) in [5.74, 6) is -0.662. The van der Waals surface area contributed by atoms with Gasteiger partial charge < -0.3 is 4.74 Å². The summed E-state index contributed by atoms with van der Waals surface area (Å²) in [6, 6.07) is 4.24. The second-order valence-electron chi connectivity index (χ2n) is 5.86. The molecule has 2 heterocycles. The van der Waals surface area contributed by atoms with E-state index in [1.165, 1.54) is 0 Å². The van der Waals surface area contributed by atoms with E-state index in [2.05, 4.69) is 9.82 Å². The maximum atomic E-state index is 13.3. The maximum absolute atomic E-state index is 13.3. The van der Waals surface area contributed by atoms with Gasteiger partial charge in [0.15, 0.2) is 0 Å². The molecule has 0 amide bonds. The number of nitriles is 1. The van der Waals surface area contributed by atoms with Crippen molar-refractivity contribution < 1.29 is 17.5 Å². The first-order valence-electron chi connectivity index (χ1n) is 7.73. The van der Waals surface area contributed by atoms with Gasteiger partial charge in [0, 0.05) is 25.4 Å². The Balaban J connectivity index is 1.90. The van der Waals surface area contributed by atoms with Crippen LogP contribution in [0.2, 0.25) is 0 Å². The smallest absolute Gasteiger partial charge is 0.242 e. The van der Waals surface area contributed by atoms with Crippen molar-refractivity contribution in [2.24, 2.45) is 7.05 Å². The molecule has 1 saturated heterocycles. The van der Waals surface area contributed by atoms with Gasteiger partial charge in [-0.25, -0.2) is 17.5 Å². The van der Waals surface area contributed by atoms with E-state index in [1.54, 1.807) is 30.2 Å². The molecular formula is C16H17FN4O3S. The SMILES string of the molecule is Cn1cc([C@H]2OCCC[C@@H]2NS(=O)(=O)c2ccc(F)cc2C#N)cn1. The monoisotopic (exact) mass is 364 g/mol. The summed E-state index contributed by atoms with van der Waals surface area (Å²) in [7, 11) is -2.23. The number of halogens is 1. The van der Waals surface area contributed by atoms with Crippen molar-refractivity contribution in [1.82, 2.24) is 14.5 Å². The van der Waals surface area contributed by atoms with Crippen molar-refractivity contribution in [3.63, 3.8) is 0 Å². The van der Waals surface area contributed by atoms with Crippen LogP contribution in [-0.4, -0.2) is 30.8 Å². The molecule has 2 atom stereocenters. The second-order valence-corrected chi connectivity index (χ2v) is 7.54. The standard InChI is InChI=1S/C16H17FN4O3S/c1-21-10-12(9-19-21)16-14(3-2-6-24-16)20-25(22,23)15-5-4-13(17)7-11(15)8-18/h4-5,7,9-10,14,16,20H,2-3,6H2,1H3/t14-,16+/m0/s1. The summed E-state index contributed by atoms with van der Waals surface area (Å²) in [5, 5.41) is 13.2.